The summed E-state index contributed by atoms with van der Waals surface area (Å²) in [7, 11) is 0. The number of aliphatic imine (C=N–C) groups is 1. The van der Waals surface area contributed by atoms with Crippen LogP contribution in [0.4, 0.5) is 5.69 Å². The molecule has 1 aromatic carbocycles. The van der Waals surface area contributed by atoms with Gasteiger partial charge in [0.05, 0.1) is 23.5 Å². The van der Waals surface area contributed by atoms with Crippen molar-refractivity contribution >= 4 is 29.0 Å². The van der Waals surface area contributed by atoms with Gasteiger partial charge in [0.25, 0.3) is 0 Å². The minimum absolute atomic E-state index is 0.0665. The third kappa shape index (κ3) is 2.83. The standard InChI is InChI=1S/C18H13N3OS/c22-17(13-5-4-12-6-8-20-15(12)9-13)10-18-21-16(11-23-18)14-3-1-2-7-19-14/h1-5,7-9,11H,6,10H2. The van der Waals surface area contributed by atoms with Crippen molar-refractivity contribution in [2.45, 2.75) is 12.8 Å². The van der Waals surface area contributed by atoms with E-state index in [4.69, 9.17) is 0 Å². The average Bonchev–Trinajstić information content (AvgIpc) is 3.24. The highest BCUT2D eigenvalue weighted by molar-refractivity contribution is 7.10. The van der Waals surface area contributed by atoms with Crippen LogP contribution in [-0.4, -0.2) is 22.0 Å². The van der Waals surface area contributed by atoms with Crippen LogP contribution in [0.15, 0.2) is 53.0 Å². The molecule has 3 heterocycles. The van der Waals surface area contributed by atoms with Crippen LogP contribution in [0, 0.1) is 0 Å². The zero-order valence-corrected chi connectivity index (χ0v) is 13.1. The number of hydrogen-bond donors (Lipinski definition) is 0. The van der Waals surface area contributed by atoms with E-state index in [0.29, 0.717) is 12.0 Å². The average molecular weight is 319 g/mol. The molecule has 3 aromatic rings. The number of ketones is 1. The van der Waals surface area contributed by atoms with Crippen LogP contribution < -0.4 is 0 Å². The Morgan fingerprint density at radius 2 is 2.13 bits per heavy atom. The number of thiazole rings is 1. The van der Waals surface area contributed by atoms with Crippen molar-refractivity contribution in [3.8, 4) is 11.4 Å². The van der Waals surface area contributed by atoms with E-state index >= 15 is 0 Å². The summed E-state index contributed by atoms with van der Waals surface area (Å²) in [5.74, 6) is 0.0665. The largest absolute Gasteiger partial charge is 0.294 e. The molecule has 4 rings (SSSR count). The molecule has 112 valence electrons. The number of pyridine rings is 1. The fraction of sp³-hybridized carbons (Fsp3) is 0.111. The van der Waals surface area contributed by atoms with Gasteiger partial charge in [-0.05, 0) is 23.8 Å². The third-order valence-electron chi connectivity index (χ3n) is 3.74. The molecule has 1 aliphatic rings. The summed E-state index contributed by atoms with van der Waals surface area (Å²) >= 11 is 1.49. The number of benzene rings is 1. The SMILES string of the molecule is O=C(Cc1nc(-c2ccccn2)cs1)c1ccc2c(c1)N=CC2. The zero-order valence-electron chi connectivity index (χ0n) is 12.3. The van der Waals surface area contributed by atoms with Crippen LogP contribution in [0.2, 0.25) is 0 Å². The number of Topliss-reactive ketones (excluding diaryl/α,β-unsaturated/α-hetero) is 1. The maximum absolute atomic E-state index is 12.5. The van der Waals surface area contributed by atoms with Gasteiger partial charge >= 0.3 is 0 Å². The lowest BCUT2D eigenvalue weighted by Crippen LogP contribution is -2.03. The lowest BCUT2D eigenvalue weighted by Gasteiger charge is -2.02. The number of aromatic nitrogens is 2. The second-order valence-electron chi connectivity index (χ2n) is 5.30. The van der Waals surface area contributed by atoms with Gasteiger partial charge in [0.1, 0.15) is 5.01 Å². The van der Waals surface area contributed by atoms with Gasteiger partial charge in [0.2, 0.25) is 0 Å². The van der Waals surface area contributed by atoms with Gasteiger partial charge in [-0.2, -0.15) is 0 Å². The van der Waals surface area contributed by atoms with Crippen LogP contribution >= 0.6 is 11.3 Å². The van der Waals surface area contributed by atoms with Gasteiger partial charge in [-0.3, -0.25) is 14.8 Å². The molecule has 0 N–H and O–H groups in total. The second kappa shape index (κ2) is 5.85. The molecule has 0 fully saturated rings. The zero-order chi connectivity index (χ0) is 15.6. The van der Waals surface area contributed by atoms with Crippen LogP contribution in [0.1, 0.15) is 20.9 Å². The number of hydrogen-bond acceptors (Lipinski definition) is 5. The van der Waals surface area contributed by atoms with Gasteiger partial charge in [0, 0.05) is 29.8 Å². The molecule has 23 heavy (non-hydrogen) atoms. The van der Waals surface area contributed by atoms with Gasteiger partial charge in [-0.1, -0.05) is 18.2 Å². The Labute approximate surface area is 137 Å². The quantitative estimate of drug-likeness (QED) is 0.686. The number of fused-ring (bicyclic) bond motifs is 1. The summed E-state index contributed by atoms with van der Waals surface area (Å²) < 4.78 is 0. The van der Waals surface area contributed by atoms with E-state index in [1.54, 1.807) is 6.20 Å². The maximum Gasteiger partial charge on any atom is 0.169 e. The van der Waals surface area contributed by atoms with Gasteiger partial charge in [-0.15, -0.1) is 11.3 Å². The Morgan fingerprint density at radius 1 is 1.17 bits per heavy atom. The summed E-state index contributed by atoms with van der Waals surface area (Å²) in [5.41, 5.74) is 4.42. The monoisotopic (exact) mass is 319 g/mol. The molecule has 0 saturated heterocycles. The fourth-order valence-electron chi connectivity index (χ4n) is 2.54. The second-order valence-corrected chi connectivity index (χ2v) is 6.24. The molecule has 0 aliphatic carbocycles. The van der Waals surface area contributed by atoms with Crippen LogP contribution in [-0.2, 0) is 12.8 Å². The summed E-state index contributed by atoms with van der Waals surface area (Å²) in [5, 5.41) is 2.75. The number of carbonyl (C=O) groups is 1. The molecule has 0 unspecified atom stereocenters. The Kier molecular flexibility index (Phi) is 3.55. The van der Waals surface area contributed by atoms with Crippen molar-refractivity contribution in [3.63, 3.8) is 0 Å². The molecule has 0 amide bonds. The smallest absolute Gasteiger partial charge is 0.169 e. The lowest BCUT2D eigenvalue weighted by molar-refractivity contribution is 0.0993. The first-order valence-corrected chi connectivity index (χ1v) is 8.22. The Balaban J connectivity index is 1.53. The molecule has 0 saturated carbocycles. The lowest BCUT2D eigenvalue weighted by atomic mass is 10.0. The van der Waals surface area contributed by atoms with Gasteiger partial charge in [0.15, 0.2) is 5.78 Å². The number of rotatable bonds is 4. The molecule has 2 aromatic heterocycles. The summed E-state index contributed by atoms with van der Waals surface area (Å²) in [6.45, 7) is 0. The predicted molar refractivity (Wildman–Crippen MR) is 91.7 cm³/mol. The van der Waals surface area contributed by atoms with E-state index in [0.717, 1.165) is 28.5 Å². The van der Waals surface area contributed by atoms with Crippen molar-refractivity contribution < 1.29 is 4.79 Å². The molecular weight excluding hydrogens is 306 g/mol. The number of carbonyl (C=O) groups excluding carboxylic acids is 1. The van der Waals surface area contributed by atoms with Crippen molar-refractivity contribution in [2.75, 3.05) is 0 Å². The van der Waals surface area contributed by atoms with E-state index in [-0.39, 0.29) is 5.78 Å². The summed E-state index contributed by atoms with van der Waals surface area (Å²) in [4.78, 5) is 25.6. The molecule has 0 radical (unpaired) electrons. The van der Waals surface area contributed by atoms with E-state index in [1.807, 2.05) is 48.0 Å². The molecule has 5 heteroatoms. The molecule has 4 nitrogen and oxygen atoms in total. The molecule has 1 aliphatic heterocycles. The minimum Gasteiger partial charge on any atom is -0.294 e. The molecule has 0 atom stereocenters. The first-order chi connectivity index (χ1) is 11.3. The summed E-state index contributed by atoms with van der Waals surface area (Å²) in [6, 6.07) is 11.4. The van der Waals surface area contributed by atoms with Crippen LogP contribution in [0.25, 0.3) is 11.4 Å². The first-order valence-electron chi connectivity index (χ1n) is 7.34. The fourth-order valence-corrected chi connectivity index (χ4v) is 3.32. The topological polar surface area (TPSA) is 55.2 Å². The molecular formula is C18H13N3OS. The van der Waals surface area contributed by atoms with Gasteiger partial charge in [-0.25, -0.2) is 4.98 Å². The van der Waals surface area contributed by atoms with Crippen molar-refractivity contribution in [1.82, 2.24) is 9.97 Å². The third-order valence-corrected chi connectivity index (χ3v) is 4.59. The predicted octanol–water partition coefficient (Wildman–Crippen LogP) is 3.89. The van der Waals surface area contributed by atoms with Gasteiger partial charge < -0.3 is 0 Å². The van der Waals surface area contributed by atoms with Crippen molar-refractivity contribution in [3.05, 3.63) is 64.1 Å². The van der Waals surface area contributed by atoms with Crippen molar-refractivity contribution in [1.29, 1.82) is 0 Å². The highest BCUT2D eigenvalue weighted by atomic mass is 32.1. The van der Waals surface area contributed by atoms with E-state index in [2.05, 4.69) is 15.0 Å². The highest BCUT2D eigenvalue weighted by Crippen LogP contribution is 2.26. The van der Waals surface area contributed by atoms with Crippen LogP contribution in [0.3, 0.4) is 0 Å². The number of nitrogens with zero attached hydrogens (tertiary/aromatic N) is 3. The van der Waals surface area contributed by atoms with E-state index < -0.39 is 0 Å². The first kappa shape index (κ1) is 14.0. The summed E-state index contributed by atoms with van der Waals surface area (Å²) in [6.07, 6.45) is 4.77. The maximum atomic E-state index is 12.5. The normalized spacial score (nSPS) is 12.3. The Bertz CT molecular complexity index is 900. The van der Waals surface area contributed by atoms with E-state index in [1.165, 1.54) is 16.9 Å². The van der Waals surface area contributed by atoms with Crippen molar-refractivity contribution in [2.24, 2.45) is 4.99 Å². The Hall–Kier alpha value is -2.66. The minimum atomic E-state index is 0.0665. The highest BCUT2D eigenvalue weighted by Gasteiger charge is 2.14. The molecule has 0 bridgehead atoms. The Morgan fingerprint density at radius 3 is 3.00 bits per heavy atom. The van der Waals surface area contributed by atoms with Crippen LogP contribution in [0.5, 0.6) is 0 Å². The van der Waals surface area contributed by atoms with E-state index in [9.17, 15) is 4.79 Å². The molecule has 0 spiro atoms.